The van der Waals surface area contributed by atoms with Gasteiger partial charge in [-0.15, -0.1) is 0 Å². The first-order valence-electron chi connectivity index (χ1n) is 9.22. The summed E-state index contributed by atoms with van der Waals surface area (Å²) in [5.41, 5.74) is 3.03. The van der Waals surface area contributed by atoms with Crippen LogP contribution >= 0.6 is 39.7 Å². The maximum absolute atomic E-state index is 6.31. The highest BCUT2D eigenvalue weighted by Crippen LogP contribution is 2.31. The first kappa shape index (κ1) is 19.4. The number of thiocarbonyl (C=S) groups is 1. The summed E-state index contributed by atoms with van der Waals surface area (Å²) in [5, 5.41) is 9.18. The molecule has 2 heterocycles. The summed E-state index contributed by atoms with van der Waals surface area (Å²) in [4.78, 5) is 6.84. The smallest absolute Gasteiger partial charge is 0.171 e. The van der Waals surface area contributed by atoms with Crippen LogP contribution in [0.15, 0.2) is 59.2 Å². The van der Waals surface area contributed by atoms with Gasteiger partial charge in [-0.1, -0.05) is 35.9 Å². The van der Waals surface area contributed by atoms with Crippen molar-refractivity contribution in [1.29, 1.82) is 0 Å². The van der Waals surface area contributed by atoms with Gasteiger partial charge >= 0.3 is 0 Å². The number of nitrogens with zero attached hydrogens (tertiary/aromatic N) is 2. The fourth-order valence-corrected chi connectivity index (χ4v) is 4.46. The Labute approximate surface area is 183 Å². The van der Waals surface area contributed by atoms with Crippen molar-refractivity contribution in [3.63, 3.8) is 0 Å². The molecule has 28 heavy (non-hydrogen) atoms. The molecule has 0 amide bonds. The number of halogens is 2. The monoisotopic (exact) mass is 474 g/mol. The topological polar surface area (TPSA) is 40.2 Å². The number of nitrogens with one attached hydrogen (secondary N) is 2. The fraction of sp³-hybridized carbons (Fsp3) is 0.238. The van der Waals surface area contributed by atoms with Crippen LogP contribution in [0.1, 0.15) is 12.8 Å². The molecule has 3 aromatic rings. The minimum Gasteiger partial charge on any atom is -0.371 e. The lowest BCUT2D eigenvalue weighted by Crippen LogP contribution is -2.46. The maximum atomic E-state index is 6.31. The minimum atomic E-state index is 0.357. The van der Waals surface area contributed by atoms with Crippen LogP contribution in [0, 0.1) is 0 Å². The molecule has 0 spiro atoms. The van der Waals surface area contributed by atoms with E-state index in [9.17, 15) is 0 Å². The second-order valence-corrected chi connectivity index (χ2v) is 8.48. The van der Waals surface area contributed by atoms with Gasteiger partial charge in [-0.05, 0) is 65.3 Å². The lowest BCUT2D eigenvalue weighted by atomic mass is 10.0. The van der Waals surface area contributed by atoms with Crippen molar-refractivity contribution in [2.45, 2.75) is 18.9 Å². The number of anilines is 2. The molecule has 0 bridgehead atoms. The summed E-state index contributed by atoms with van der Waals surface area (Å²) >= 11 is 15.3. The van der Waals surface area contributed by atoms with Crippen molar-refractivity contribution in [1.82, 2.24) is 10.3 Å². The van der Waals surface area contributed by atoms with E-state index in [1.807, 2.05) is 42.6 Å². The molecule has 4 rings (SSSR count). The number of rotatable bonds is 3. The third-order valence-corrected chi connectivity index (χ3v) is 6.21. The van der Waals surface area contributed by atoms with E-state index in [-0.39, 0.29) is 0 Å². The maximum Gasteiger partial charge on any atom is 0.171 e. The number of hydrogen-bond donors (Lipinski definition) is 2. The van der Waals surface area contributed by atoms with Gasteiger partial charge in [-0.2, -0.15) is 0 Å². The van der Waals surface area contributed by atoms with Gasteiger partial charge in [-0.3, -0.25) is 4.98 Å². The molecule has 1 fully saturated rings. The van der Waals surface area contributed by atoms with Gasteiger partial charge in [0, 0.05) is 40.9 Å². The molecule has 2 N–H and O–H groups in total. The zero-order valence-corrected chi connectivity index (χ0v) is 18.3. The summed E-state index contributed by atoms with van der Waals surface area (Å²) in [7, 11) is 0. The highest BCUT2D eigenvalue weighted by molar-refractivity contribution is 9.10. The Morgan fingerprint density at radius 3 is 2.68 bits per heavy atom. The molecule has 0 unspecified atom stereocenters. The van der Waals surface area contributed by atoms with Gasteiger partial charge in [0.15, 0.2) is 5.11 Å². The lowest BCUT2D eigenvalue weighted by molar-refractivity contribution is 0.468. The van der Waals surface area contributed by atoms with Gasteiger partial charge in [0.25, 0.3) is 0 Å². The van der Waals surface area contributed by atoms with E-state index in [4.69, 9.17) is 23.8 Å². The molecule has 2 aromatic carbocycles. The molecule has 1 aromatic heterocycles. The number of aromatic nitrogens is 1. The van der Waals surface area contributed by atoms with Crippen molar-refractivity contribution in [3.8, 4) is 0 Å². The first-order chi connectivity index (χ1) is 13.6. The summed E-state index contributed by atoms with van der Waals surface area (Å²) in [6.45, 7) is 1.92. The Bertz CT molecular complexity index is 1000. The van der Waals surface area contributed by atoms with Gasteiger partial charge < -0.3 is 15.5 Å². The van der Waals surface area contributed by atoms with Crippen LogP contribution in [-0.4, -0.2) is 29.2 Å². The second-order valence-electron chi connectivity index (χ2n) is 6.81. The number of fused-ring (bicyclic) bond motifs is 1. The Kier molecular flexibility index (Phi) is 5.99. The SMILES string of the molecule is S=C(Nc1ccccc1Br)NC1CCN(c2ccnc3c(Cl)cccc23)CC1. The van der Waals surface area contributed by atoms with Gasteiger partial charge in [0.05, 0.1) is 16.2 Å². The Morgan fingerprint density at radius 1 is 1.11 bits per heavy atom. The van der Waals surface area contributed by atoms with Crippen molar-refractivity contribution >= 4 is 67.1 Å². The average molecular weight is 476 g/mol. The highest BCUT2D eigenvalue weighted by Gasteiger charge is 2.21. The van der Waals surface area contributed by atoms with Crippen LogP contribution in [0.25, 0.3) is 10.9 Å². The molecule has 1 saturated heterocycles. The predicted molar refractivity (Wildman–Crippen MR) is 125 cm³/mol. The molecule has 0 aliphatic carbocycles. The zero-order chi connectivity index (χ0) is 19.5. The standard InChI is InChI=1S/C21H20BrClN4S/c22-16-5-1-2-7-18(16)26-21(28)25-14-9-12-27(13-10-14)19-8-11-24-20-15(19)4-3-6-17(20)23/h1-8,11,14H,9-10,12-13H2,(H2,25,26,28). The fourth-order valence-electron chi connectivity index (χ4n) is 3.57. The summed E-state index contributed by atoms with van der Waals surface area (Å²) in [6, 6.07) is 16.4. The molecular weight excluding hydrogens is 456 g/mol. The normalized spacial score (nSPS) is 14.9. The van der Waals surface area contributed by atoms with E-state index in [1.165, 1.54) is 5.69 Å². The Morgan fingerprint density at radius 2 is 1.89 bits per heavy atom. The van der Waals surface area contributed by atoms with Crippen molar-refractivity contribution in [3.05, 3.63) is 64.2 Å². The van der Waals surface area contributed by atoms with Crippen LogP contribution in [0.4, 0.5) is 11.4 Å². The Hall–Kier alpha value is -1.89. The van der Waals surface area contributed by atoms with Crippen molar-refractivity contribution < 1.29 is 0 Å². The predicted octanol–water partition coefficient (Wildman–Crippen LogP) is 5.61. The molecular formula is C21H20BrClN4S. The van der Waals surface area contributed by atoms with Gasteiger partial charge in [0.2, 0.25) is 0 Å². The molecule has 144 valence electrons. The number of hydrogen-bond acceptors (Lipinski definition) is 3. The number of para-hydroxylation sites is 2. The number of pyridine rings is 1. The van der Waals surface area contributed by atoms with Crippen LogP contribution in [-0.2, 0) is 0 Å². The second kappa shape index (κ2) is 8.64. The molecule has 0 atom stereocenters. The van der Waals surface area contributed by atoms with Crippen LogP contribution < -0.4 is 15.5 Å². The van der Waals surface area contributed by atoms with Crippen LogP contribution in [0.2, 0.25) is 5.02 Å². The van der Waals surface area contributed by atoms with E-state index in [1.54, 1.807) is 0 Å². The highest BCUT2D eigenvalue weighted by atomic mass is 79.9. The quantitative estimate of drug-likeness (QED) is 0.482. The number of piperidine rings is 1. The van der Waals surface area contributed by atoms with E-state index in [2.05, 4.69) is 48.6 Å². The molecule has 0 radical (unpaired) electrons. The zero-order valence-electron chi connectivity index (χ0n) is 15.2. The first-order valence-corrected chi connectivity index (χ1v) is 10.8. The van der Waals surface area contributed by atoms with Crippen LogP contribution in [0.5, 0.6) is 0 Å². The Balaban J connectivity index is 1.38. The molecule has 0 saturated carbocycles. The third-order valence-electron chi connectivity index (χ3n) is 4.99. The summed E-state index contributed by atoms with van der Waals surface area (Å²) in [6.07, 6.45) is 3.87. The summed E-state index contributed by atoms with van der Waals surface area (Å²) in [5.74, 6) is 0. The third kappa shape index (κ3) is 4.24. The van der Waals surface area contributed by atoms with E-state index in [0.29, 0.717) is 16.2 Å². The molecule has 4 nitrogen and oxygen atoms in total. The lowest BCUT2D eigenvalue weighted by Gasteiger charge is -2.35. The summed E-state index contributed by atoms with van der Waals surface area (Å²) < 4.78 is 0.997. The molecule has 1 aliphatic heterocycles. The van der Waals surface area contributed by atoms with Crippen molar-refractivity contribution in [2.75, 3.05) is 23.3 Å². The minimum absolute atomic E-state index is 0.357. The van der Waals surface area contributed by atoms with Crippen molar-refractivity contribution in [2.24, 2.45) is 0 Å². The van der Waals surface area contributed by atoms with Crippen LogP contribution in [0.3, 0.4) is 0 Å². The van der Waals surface area contributed by atoms with E-state index < -0.39 is 0 Å². The largest absolute Gasteiger partial charge is 0.371 e. The van der Waals surface area contributed by atoms with Gasteiger partial charge in [-0.25, -0.2) is 0 Å². The molecule has 1 aliphatic rings. The van der Waals surface area contributed by atoms with E-state index in [0.717, 1.165) is 47.0 Å². The molecule has 7 heteroatoms. The van der Waals surface area contributed by atoms with E-state index >= 15 is 0 Å². The van der Waals surface area contributed by atoms with Gasteiger partial charge in [0.1, 0.15) is 0 Å². The average Bonchev–Trinajstić information content (AvgIpc) is 2.70. The number of benzene rings is 2.